The molecule has 16 heavy (non-hydrogen) atoms. The first-order valence-electron chi connectivity index (χ1n) is 4.81. The van der Waals surface area contributed by atoms with Gasteiger partial charge in [-0.2, -0.15) is 4.98 Å². The van der Waals surface area contributed by atoms with Crippen LogP contribution in [0.2, 0.25) is 0 Å². The summed E-state index contributed by atoms with van der Waals surface area (Å²) in [6.45, 7) is 1.17. The van der Waals surface area contributed by atoms with Crippen molar-refractivity contribution in [2.45, 2.75) is 6.04 Å². The van der Waals surface area contributed by atoms with E-state index in [4.69, 9.17) is 10.5 Å². The average molecular weight is 224 g/mol. The van der Waals surface area contributed by atoms with Crippen molar-refractivity contribution in [3.8, 4) is 5.88 Å². The molecule has 7 heteroatoms. The Balaban J connectivity index is 2.35. The molecule has 0 saturated carbocycles. The predicted molar refractivity (Wildman–Crippen MR) is 57.6 cm³/mol. The minimum Gasteiger partial charge on any atom is -0.481 e. The number of nitrogens with two attached hydrogens (primary N) is 1. The minimum atomic E-state index is -0.453. The normalized spacial score (nSPS) is 15.8. The Morgan fingerprint density at radius 2 is 2.31 bits per heavy atom. The van der Waals surface area contributed by atoms with E-state index >= 15 is 0 Å². The highest BCUT2D eigenvalue weighted by Gasteiger charge is 2.30. The number of nitrogens with zero attached hydrogens (tertiary/aromatic N) is 3. The first kappa shape index (κ1) is 10.6. The van der Waals surface area contributed by atoms with E-state index in [1.54, 1.807) is 4.90 Å². The molecule has 0 atom stereocenters. The van der Waals surface area contributed by atoms with Crippen LogP contribution < -0.4 is 15.4 Å². The Bertz CT molecular complexity index is 417. The van der Waals surface area contributed by atoms with E-state index < -0.39 is 4.92 Å². The predicted octanol–water partition coefficient (Wildman–Crippen LogP) is 0.146. The van der Waals surface area contributed by atoms with Crippen LogP contribution in [0.3, 0.4) is 0 Å². The second-order valence-corrected chi connectivity index (χ2v) is 3.62. The van der Waals surface area contributed by atoms with Crippen molar-refractivity contribution in [1.29, 1.82) is 0 Å². The molecule has 2 heterocycles. The fourth-order valence-electron chi connectivity index (χ4n) is 1.60. The van der Waals surface area contributed by atoms with E-state index in [1.165, 1.54) is 19.2 Å². The van der Waals surface area contributed by atoms with E-state index in [0.717, 1.165) is 0 Å². The molecule has 2 N–H and O–H groups in total. The van der Waals surface area contributed by atoms with Gasteiger partial charge in [-0.15, -0.1) is 0 Å². The second kappa shape index (κ2) is 3.93. The maximum Gasteiger partial charge on any atom is 0.311 e. The van der Waals surface area contributed by atoms with Crippen molar-refractivity contribution >= 4 is 11.5 Å². The van der Waals surface area contributed by atoms with Gasteiger partial charge in [0, 0.05) is 31.3 Å². The molecule has 7 nitrogen and oxygen atoms in total. The largest absolute Gasteiger partial charge is 0.481 e. The molecule has 2 rings (SSSR count). The van der Waals surface area contributed by atoms with Gasteiger partial charge in [0.25, 0.3) is 0 Å². The third-order valence-electron chi connectivity index (χ3n) is 2.44. The van der Waals surface area contributed by atoms with Crippen LogP contribution in [0, 0.1) is 10.1 Å². The first-order chi connectivity index (χ1) is 7.61. The average Bonchev–Trinajstić information content (AvgIpc) is 2.23. The lowest BCUT2D eigenvalue weighted by Crippen LogP contribution is -2.56. The number of hydrogen-bond acceptors (Lipinski definition) is 6. The van der Waals surface area contributed by atoms with Gasteiger partial charge in [0.05, 0.1) is 12.0 Å². The fourth-order valence-corrected chi connectivity index (χ4v) is 1.60. The molecule has 1 aliphatic heterocycles. The summed E-state index contributed by atoms with van der Waals surface area (Å²) in [6.07, 6.45) is 0. The van der Waals surface area contributed by atoms with Gasteiger partial charge >= 0.3 is 5.69 Å². The van der Waals surface area contributed by atoms with E-state index in [2.05, 4.69) is 4.98 Å². The van der Waals surface area contributed by atoms with Crippen LogP contribution in [-0.4, -0.2) is 36.1 Å². The molecular weight excluding hydrogens is 212 g/mol. The SMILES string of the molecule is COc1ccc([N+](=O)[O-])c(N2CC(N)C2)n1. The lowest BCUT2D eigenvalue weighted by atomic mass is 10.1. The molecule has 1 saturated heterocycles. The Labute approximate surface area is 92.0 Å². The maximum absolute atomic E-state index is 10.8. The molecule has 0 spiro atoms. The molecule has 86 valence electrons. The third-order valence-corrected chi connectivity index (χ3v) is 2.44. The number of rotatable bonds is 3. The summed E-state index contributed by atoms with van der Waals surface area (Å²) in [7, 11) is 1.47. The van der Waals surface area contributed by atoms with Gasteiger partial charge in [0.2, 0.25) is 11.7 Å². The van der Waals surface area contributed by atoms with Crippen LogP contribution in [0.4, 0.5) is 11.5 Å². The van der Waals surface area contributed by atoms with Gasteiger partial charge in [-0.05, 0) is 0 Å². The molecular formula is C9H12N4O3. The molecule has 0 bridgehead atoms. The Morgan fingerprint density at radius 1 is 1.62 bits per heavy atom. The molecule has 1 aliphatic rings. The molecule has 1 fully saturated rings. The van der Waals surface area contributed by atoms with E-state index in [9.17, 15) is 10.1 Å². The Hall–Kier alpha value is -1.89. The smallest absolute Gasteiger partial charge is 0.311 e. The summed E-state index contributed by atoms with van der Waals surface area (Å²) in [6, 6.07) is 2.93. The summed E-state index contributed by atoms with van der Waals surface area (Å²) in [5, 5.41) is 10.8. The van der Waals surface area contributed by atoms with Crippen LogP contribution >= 0.6 is 0 Å². The van der Waals surface area contributed by atoms with Crippen molar-refractivity contribution in [3.63, 3.8) is 0 Å². The number of nitro groups is 1. The molecule has 1 aromatic heterocycles. The molecule has 0 aliphatic carbocycles. The lowest BCUT2D eigenvalue weighted by Gasteiger charge is -2.37. The topological polar surface area (TPSA) is 94.5 Å². The zero-order valence-corrected chi connectivity index (χ0v) is 8.79. The van der Waals surface area contributed by atoms with Crippen LogP contribution in [0.15, 0.2) is 12.1 Å². The number of hydrogen-bond donors (Lipinski definition) is 1. The van der Waals surface area contributed by atoms with Crippen LogP contribution in [0.1, 0.15) is 0 Å². The molecule has 0 radical (unpaired) electrons. The van der Waals surface area contributed by atoms with Crippen molar-refractivity contribution in [2.24, 2.45) is 5.73 Å². The van der Waals surface area contributed by atoms with Gasteiger partial charge in [-0.1, -0.05) is 0 Å². The lowest BCUT2D eigenvalue weighted by molar-refractivity contribution is -0.384. The minimum absolute atomic E-state index is 0.0206. The maximum atomic E-state index is 10.8. The van der Waals surface area contributed by atoms with Gasteiger partial charge in [-0.25, -0.2) is 0 Å². The summed E-state index contributed by atoms with van der Waals surface area (Å²) < 4.78 is 4.94. The first-order valence-corrected chi connectivity index (χ1v) is 4.81. The number of pyridine rings is 1. The summed E-state index contributed by atoms with van der Waals surface area (Å²) in [4.78, 5) is 16.2. The fraction of sp³-hybridized carbons (Fsp3) is 0.444. The van der Waals surface area contributed by atoms with Crippen LogP contribution in [-0.2, 0) is 0 Å². The molecule has 1 aromatic rings. The second-order valence-electron chi connectivity index (χ2n) is 3.62. The number of ether oxygens (including phenoxy) is 1. The number of aromatic nitrogens is 1. The van der Waals surface area contributed by atoms with Crippen LogP contribution in [0.5, 0.6) is 5.88 Å². The number of anilines is 1. The Morgan fingerprint density at radius 3 is 2.81 bits per heavy atom. The van der Waals surface area contributed by atoms with E-state index in [1.807, 2.05) is 0 Å². The Kier molecular flexibility index (Phi) is 2.61. The van der Waals surface area contributed by atoms with E-state index in [-0.39, 0.29) is 11.7 Å². The molecule has 0 amide bonds. The highest BCUT2D eigenvalue weighted by molar-refractivity contribution is 5.60. The van der Waals surface area contributed by atoms with Crippen molar-refractivity contribution in [2.75, 3.05) is 25.1 Å². The standard InChI is InChI=1S/C9H12N4O3/c1-16-8-3-2-7(13(14)15)9(11-8)12-4-6(10)5-12/h2-3,6H,4-5,10H2,1H3. The third kappa shape index (κ3) is 1.76. The highest BCUT2D eigenvalue weighted by Crippen LogP contribution is 2.30. The monoisotopic (exact) mass is 224 g/mol. The summed E-state index contributed by atoms with van der Waals surface area (Å²) in [5.41, 5.74) is 5.61. The van der Waals surface area contributed by atoms with Crippen LogP contribution in [0.25, 0.3) is 0 Å². The summed E-state index contributed by atoms with van der Waals surface area (Å²) >= 11 is 0. The van der Waals surface area contributed by atoms with E-state index in [0.29, 0.717) is 24.8 Å². The zero-order chi connectivity index (χ0) is 11.7. The quantitative estimate of drug-likeness (QED) is 0.580. The zero-order valence-electron chi connectivity index (χ0n) is 8.79. The molecule has 0 unspecified atom stereocenters. The van der Waals surface area contributed by atoms with Gasteiger partial charge in [0.1, 0.15) is 0 Å². The highest BCUT2D eigenvalue weighted by atomic mass is 16.6. The van der Waals surface area contributed by atoms with Gasteiger partial charge in [0.15, 0.2) is 0 Å². The molecule has 0 aromatic carbocycles. The van der Waals surface area contributed by atoms with Gasteiger partial charge < -0.3 is 15.4 Å². The van der Waals surface area contributed by atoms with Crippen molar-refractivity contribution < 1.29 is 9.66 Å². The van der Waals surface area contributed by atoms with Crippen molar-refractivity contribution in [1.82, 2.24) is 4.98 Å². The summed E-state index contributed by atoms with van der Waals surface area (Å²) in [5.74, 6) is 0.687. The number of methoxy groups -OCH3 is 1. The van der Waals surface area contributed by atoms with Gasteiger partial charge in [-0.3, -0.25) is 10.1 Å². The van der Waals surface area contributed by atoms with Crippen molar-refractivity contribution in [3.05, 3.63) is 22.2 Å².